The molecule has 20 nitrogen and oxygen atoms in total. The van der Waals surface area contributed by atoms with E-state index in [-0.39, 0.29) is 58.5 Å². The minimum absolute atomic E-state index is 0.00101. The van der Waals surface area contributed by atoms with E-state index in [9.17, 15) is 58.7 Å². The minimum atomic E-state index is -4.32. The zero-order valence-corrected chi connectivity index (χ0v) is 72.5. The van der Waals surface area contributed by atoms with Gasteiger partial charge in [-0.3, -0.25) is 9.59 Å². The predicted molar refractivity (Wildman–Crippen MR) is 465 cm³/mol. The van der Waals surface area contributed by atoms with Crippen LogP contribution in [-0.4, -0.2) is 161 Å². The van der Waals surface area contributed by atoms with Crippen LogP contribution in [0.4, 0.5) is 34.1 Å². The molecule has 0 radical (unpaired) electrons. The third-order valence-corrected chi connectivity index (χ3v) is 26.1. The number of carboxylic acids is 2. The highest BCUT2D eigenvalue weighted by molar-refractivity contribution is 7.86. The highest BCUT2D eigenvalue weighted by Gasteiger charge is 2.48. The van der Waals surface area contributed by atoms with Gasteiger partial charge < -0.3 is 38.6 Å². The first-order valence-corrected chi connectivity index (χ1v) is 45.0. The quantitative estimate of drug-likeness (QED) is 0.0139. The summed E-state index contributed by atoms with van der Waals surface area (Å²) < 4.78 is 107. The normalized spacial score (nSPS) is 18.7. The lowest BCUT2D eigenvalue weighted by Gasteiger charge is -2.27. The summed E-state index contributed by atoms with van der Waals surface area (Å²) in [6.45, 7) is 32.5. The van der Waals surface area contributed by atoms with Crippen LogP contribution in [-0.2, 0) is 85.3 Å². The molecule has 6 aliphatic heterocycles. The fourth-order valence-electron chi connectivity index (χ4n) is 17.7. The summed E-state index contributed by atoms with van der Waals surface area (Å²) in [5.74, 6) is -2.94. The molecule has 6 aromatic carbocycles. The second-order valence-corrected chi connectivity index (χ2v) is 38.4. The zero-order valence-electron chi connectivity index (χ0n) is 69.3. The fraction of sp³-hybridized carbons (Fsp3) is 0.413. The van der Waals surface area contributed by atoms with Gasteiger partial charge in [0.15, 0.2) is 17.1 Å². The summed E-state index contributed by atoms with van der Waals surface area (Å²) >= 11 is 4.73. The van der Waals surface area contributed by atoms with E-state index in [0.29, 0.717) is 57.4 Å². The molecule has 24 heteroatoms. The molecule has 0 bridgehead atoms. The van der Waals surface area contributed by atoms with Gasteiger partial charge in [0, 0.05) is 153 Å². The summed E-state index contributed by atoms with van der Waals surface area (Å²) in [6, 6.07) is 45.3. The number of allylic oxidation sites excluding steroid dienone is 12. The first-order valence-electron chi connectivity index (χ1n) is 39.8. The van der Waals surface area contributed by atoms with Gasteiger partial charge in [-0.1, -0.05) is 157 Å². The number of para-hydroxylation sites is 4. The number of isothiocyanates is 1. The Labute approximate surface area is 692 Å². The fourth-order valence-corrected chi connectivity index (χ4v) is 19.5. The van der Waals surface area contributed by atoms with E-state index in [1.54, 1.807) is 6.07 Å². The van der Waals surface area contributed by atoms with Crippen molar-refractivity contribution < 1.29 is 72.4 Å². The summed E-state index contributed by atoms with van der Waals surface area (Å²) in [7, 11) is -10.7. The number of likely N-dealkylation sites (N-methyl/N-ethyl adjacent to an activating group) is 1. The number of anilines is 3. The molecule has 616 valence electrons. The van der Waals surface area contributed by atoms with Crippen molar-refractivity contribution in [3.05, 3.63) is 250 Å². The van der Waals surface area contributed by atoms with Gasteiger partial charge in [-0.05, 0) is 157 Å². The first-order chi connectivity index (χ1) is 54.5. The van der Waals surface area contributed by atoms with Crippen LogP contribution in [0.25, 0.3) is 0 Å². The number of unbranched alkanes of at least 4 members (excludes halogenated alkanes) is 3. The lowest BCUT2D eigenvalue weighted by atomic mass is 9.81. The molecule has 6 heterocycles. The maximum absolute atomic E-state index is 11.4. The van der Waals surface area contributed by atoms with Crippen molar-refractivity contribution in [2.75, 3.05) is 78.3 Å². The third-order valence-electron chi connectivity index (χ3n) is 23.6. The molecule has 6 aromatic rings. The van der Waals surface area contributed by atoms with E-state index in [4.69, 9.17) is 12.2 Å². The van der Waals surface area contributed by atoms with Gasteiger partial charge in [0.25, 0.3) is 0 Å². The Morgan fingerprint density at radius 1 is 0.440 bits per heavy atom. The van der Waals surface area contributed by atoms with E-state index in [0.717, 1.165) is 87.3 Å². The maximum Gasteiger partial charge on any atom is 0.307 e. The van der Waals surface area contributed by atoms with Gasteiger partial charge in [0.1, 0.15) is 20.1 Å². The standard InChI is InChI=1S/C33H42N2O8S2.C31H38N2O5S.C28H32N3S/c1-32(2)25-12-5-6-13-27(25)34(18-7-9-20-44(38,39)40)29(32)14-11-15-30-33(3,4)26-22-24(23-31(36)37)16-17-28(26)35(30)19-8-10-21-45(41,42)43;1-6-32-26-17-16-22(21-29(34)35)20-24(26)31(4,5)27(32)14-11-15-28-30(2,3)23-12-7-8-13-25(23)33(28)18-9-10-19-39(36,37)38;1-27(2)21-12-6-8-14-23(21)30(5)25(27)16-10-17-26-28(3,4)22-13-7-9-15-24(22)31(26)19-11-18-29-20-32/h5-6,11-17,22H,7-10,18-21,23H2,1-4H3,(H2-,36,37,38,39,40,41,42,43);7-8,11-17,20H,6,9-10,18-19,21H2,1-5H3,(H-,34,35,36,37,38);6-10,12-17H,11,18-19H2,1-5H3/q;;+1/p-1. The lowest BCUT2D eigenvalue weighted by molar-refractivity contribution is -0.438. The first kappa shape index (κ1) is 89.0. The Hall–Kier alpha value is -9.36. The van der Waals surface area contributed by atoms with E-state index in [1.807, 2.05) is 72.8 Å². The van der Waals surface area contributed by atoms with Crippen molar-refractivity contribution in [3.63, 3.8) is 0 Å². The van der Waals surface area contributed by atoms with Crippen LogP contribution in [0.15, 0.2) is 210 Å². The highest BCUT2D eigenvalue weighted by Crippen LogP contribution is 2.52. The molecule has 0 spiro atoms. The Morgan fingerprint density at radius 2 is 0.784 bits per heavy atom. The minimum Gasteiger partial charge on any atom is -0.748 e. The Balaban J connectivity index is 0.000000186. The number of carboxylic acid groups (broad SMARTS) is 2. The van der Waals surface area contributed by atoms with Crippen LogP contribution >= 0.6 is 12.2 Å². The van der Waals surface area contributed by atoms with Gasteiger partial charge >= 0.3 is 11.9 Å². The molecule has 0 amide bonds. The molecular formula is C92H111N7O13S4. The average Bonchev–Trinajstić information content (AvgIpc) is 1.50. The van der Waals surface area contributed by atoms with E-state index >= 15 is 0 Å². The number of carbonyl (C=O) groups is 2. The molecule has 0 saturated heterocycles. The molecular weight excluding hydrogens is 1540 g/mol. The number of rotatable bonds is 30. The number of hydrogen-bond acceptors (Lipinski definition) is 16. The summed E-state index contributed by atoms with van der Waals surface area (Å²) in [6.07, 6.45) is 22.5. The van der Waals surface area contributed by atoms with Gasteiger partial charge in [-0.25, -0.2) is 30.2 Å². The van der Waals surface area contributed by atoms with Crippen LogP contribution in [0, 0.1) is 0 Å². The predicted octanol–water partition coefficient (Wildman–Crippen LogP) is 16.3. The summed E-state index contributed by atoms with van der Waals surface area (Å²) in [4.78, 5) is 33.7. The van der Waals surface area contributed by atoms with Crippen LogP contribution in [0.2, 0.25) is 0 Å². The number of aliphatic carboxylic acids is 2. The monoisotopic (exact) mass is 1650 g/mol. The molecule has 0 aromatic heterocycles. The molecule has 116 heavy (non-hydrogen) atoms. The Morgan fingerprint density at radius 3 is 1.20 bits per heavy atom. The molecule has 0 atom stereocenters. The van der Waals surface area contributed by atoms with Crippen LogP contribution < -0.4 is 14.7 Å². The second-order valence-electron chi connectivity index (χ2n) is 33.7. The Bertz CT molecular complexity index is 5490. The van der Waals surface area contributed by atoms with Crippen molar-refractivity contribution >= 4 is 111 Å². The molecule has 0 saturated carbocycles. The van der Waals surface area contributed by atoms with Crippen molar-refractivity contribution in [1.82, 2.24) is 0 Å². The molecule has 0 fully saturated rings. The topological polar surface area (TPSA) is 277 Å². The third kappa shape index (κ3) is 19.7. The summed E-state index contributed by atoms with van der Waals surface area (Å²) in [5.41, 5.74) is 20.8. The van der Waals surface area contributed by atoms with Crippen molar-refractivity contribution in [2.45, 2.75) is 180 Å². The molecule has 0 unspecified atom stereocenters. The zero-order chi connectivity index (χ0) is 84.7. The summed E-state index contributed by atoms with van der Waals surface area (Å²) in [5, 5.41) is 21.1. The average molecular weight is 1650 g/mol. The Kier molecular flexibility index (Phi) is 27.5. The number of benzene rings is 6. The van der Waals surface area contributed by atoms with Crippen molar-refractivity contribution in [3.8, 4) is 0 Å². The number of aliphatic imine (C=N–C) groups is 1. The van der Waals surface area contributed by atoms with Crippen LogP contribution in [0.3, 0.4) is 0 Å². The van der Waals surface area contributed by atoms with Gasteiger partial charge in [0.05, 0.1) is 71.1 Å². The van der Waals surface area contributed by atoms with E-state index < -0.39 is 59.2 Å². The number of hydrogen-bond donors (Lipinski definition) is 2. The van der Waals surface area contributed by atoms with Crippen molar-refractivity contribution in [2.24, 2.45) is 4.99 Å². The number of nitrogens with zero attached hydrogens (tertiary/aromatic N) is 7. The lowest BCUT2D eigenvalue weighted by Crippen LogP contribution is -2.28. The SMILES string of the molecule is CC1(C)C(=CC=CC2=[N+](CCCCS(=O)(=O)[O-])c3ccccc3C2(C)C)N(CCCCS(=O)(=O)[O-])c2ccc(CC(=O)O)cc21.CCN1C(=CC=CC2=[N+](CCCCS(=O)(=O)[O-])c3ccccc3C2(C)C)C(C)(C)c2cc(CC(=O)O)ccc21.C[N+]1=C(C=CC=C2N(CCCN=C=S)c3ccccc3C2(C)C)C(C)(C)c2ccccc21. The molecule has 0 aliphatic carbocycles. The van der Waals surface area contributed by atoms with E-state index in [2.05, 4.69) is 245 Å². The second kappa shape index (κ2) is 35.8. The molecule has 12 rings (SSSR count). The molecule has 2 N–H and O–H groups in total. The van der Waals surface area contributed by atoms with Crippen LogP contribution in [0.1, 0.15) is 179 Å². The van der Waals surface area contributed by atoms with Crippen molar-refractivity contribution in [1.29, 1.82) is 0 Å². The highest BCUT2D eigenvalue weighted by atomic mass is 32.2. The molecule has 6 aliphatic rings. The number of fused-ring (bicyclic) bond motifs is 6. The van der Waals surface area contributed by atoms with Crippen LogP contribution in [0.5, 0.6) is 0 Å². The largest absolute Gasteiger partial charge is 0.748 e. The van der Waals surface area contributed by atoms with Gasteiger partial charge in [-0.2, -0.15) is 13.7 Å². The van der Waals surface area contributed by atoms with Gasteiger partial charge in [0.2, 0.25) is 17.1 Å². The number of thiocarbonyl (C=S) groups is 1. The van der Waals surface area contributed by atoms with Gasteiger partial charge in [-0.15, -0.1) is 0 Å². The van der Waals surface area contributed by atoms with E-state index in [1.165, 1.54) is 39.5 Å². The maximum atomic E-state index is 11.4. The smallest absolute Gasteiger partial charge is 0.307 e.